The maximum atomic E-state index is 12.3. The van der Waals surface area contributed by atoms with Crippen molar-refractivity contribution < 1.29 is 32.2 Å². The summed E-state index contributed by atoms with van der Waals surface area (Å²) in [4.78, 5) is 12.0. The average molecular weight is 418 g/mol. The van der Waals surface area contributed by atoms with Crippen molar-refractivity contribution >= 4 is 5.97 Å². The number of rotatable bonds is 4. The fourth-order valence-electron chi connectivity index (χ4n) is 4.27. The molecule has 0 aromatic heterocycles. The van der Waals surface area contributed by atoms with Crippen LogP contribution in [-0.2, 0) is 22.6 Å². The van der Waals surface area contributed by atoms with Gasteiger partial charge in [-0.1, -0.05) is 18.7 Å². The lowest BCUT2D eigenvalue weighted by Crippen LogP contribution is -2.20. The molecule has 2 aliphatic rings. The Bertz CT molecular complexity index is 1010. The SMILES string of the molecule is C=C1C(=O)O[C@H]2c3c(C)c(OCc4ccc(OC(F)(F)F)cc4)cc(C)c3CC[C@@H]12. The van der Waals surface area contributed by atoms with Gasteiger partial charge >= 0.3 is 12.3 Å². The fraction of sp³-hybridized carbons (Fsp3) is 0.348. The first-order valence-corrected chi connectivity index (χ1v) is 9.64. The molecule has 0 radical (unpaired) electrons. The number of alkyl halides is 3. The standard InChI is InChI=1S/C23H21F3O4/c1-12-10-19(28-11-15-4-6-16(7-5-15)30-23(24,25)26)14(3)20-17(12)8-9-18-13(2)22(27)29-21(18)20/h4-7,10,18,21H,2,8-9,11H2,1,3H3/t18-,21+/m0/s1. The monoisotopic (exact) mass is 418 g/mol. The maximum absolute atomic E-state index is 12.3. The van der Waals surface area contributed by atoms with Crippen molar-refractivity contribution in [1.29, 1.82) is 0 Å². The van der Waals surface area contributed by atoms with Crippen LogP contribution in [0.4, 0.5) is 13.2 Å². The Hall–Kier alpha value is -2.96. The molecule has 0 saturated carbocycles. The Labute approximate surface area is 172 Å². The quantitative estimate of drug-likeness (QED) is 0.486. The highest BCUT2D eigenvalue weighted by Gasteiger charge is 2.44. The molecule has 1 saturated heterocycles. The molecule has 1 fully saturated rings. The van der Waals surface area contributed by atoms with Crippen LogP contribution in [0.15, 0.2) is 42.5 Å². The second kappa shape index (κ2) is 7.38. The lowest BCUT2D eigenvalue weighted by Gasteiger charge is -2.30. The summed E-state index contributed by atoms with van der Waals surface area (Å²) >= 11 is 0. The molecule has 0 spiro atoms. The highest BCUT2D eigenvalue weighted by atomic mass is 19.4. The minimum absolute atomic E-state index is 0.0143. The van der Waals surface area contributed by atoms with Crippen molar-refractivity contribution in [3.63, 3.8) is 0 Å². The van der Waals surface area contributed by atoms with Crippen LogP contribution in [0, 0.1) is 19.8 Å². The summed E-state index contributed by atoms with van der Waals surface area (Å²) in [7, 11) is 0. The molecule has 0 bridgehead atoms. The van der Waals surface area contributed by atoms with Crippen LogP contribution in [0.5, 0.6) is 11.5 Å². The third kappa shape index (κ3) is 3.76. The van der Waals surface area contributed by atoms with E-state index in [0.717, 1.165) is 29.5 Å². The summed E-state index contributed by atoms with van der Waals surface area (Å²) in [5.74, 6) is 0.0272. The summed E-state index contributed by atoms with van der Waals surface area (Å²) in [6, 6.07) is 7.53. The van der Waals surface area contributed by atoms with Gasteiger partial charge in [0.25, 0.3) is 0 Å². The molecule has 4 nitrogen and oxygen atoms in total. The topological polar surface area (TPSA) is 44.8 Å². The molecule has 0 N–H and O–H groups in total. The van der Waals surface area contributed by atoms with E-state index in [1.807, 2.05) is 19.9 Å². The van der Waals surface area contributed by atoms with Crippen molar-refractivity contribution in [1.82, 2.24) is 0 Å². The number of aryl methyl sites for hydroxylation is 1. The van der Waals surface area contributed by atoms with E-state index in [1.165, 1.54) is 29.8 Å². The van der Waals surface area contributed by atoms with Gasteiger partial charge in [-0.05, 0) is 67.1 Å². The molecule has 1 heterocycles. The van der Waals surface area contributed by atoms with Crippen LogP contribution >= 0.6 is 0 Å². The molecule has 1 aliphatic carbocycles. The van der Waals surface area contributed by atoms with E-state index in [0.29, 0.717) is 16.9 Å². The number of carbonyl (C=O) groups is 1. The Balaban J connectivity index is 1.55. The van der Waals surface area contributed by atoms with Crippen molar-refractivity contribution in [2.75, 3.05) is 0 Å². The summed E-state index contributed by atoms with van der Waals surface area (Å²) in [6.07, 6.45) is -3.38. The predicted molar refractivity (Wildman–Crippen MR) is 103 cm³/mol. The van der Waals surface area contributed by atoms with E-state index in [2.05, 4.69) is 11.3 Å². The number of esters is 1. The molecule has 1 aliphatic heterocycles. The van der Waals surface area contributed by atoms with Crippen molar-refractivity contribution in [3.05, 3.63) is 70.3 Å². The van der Waals surface area contributed by atoms with Gasteiger partial charge in [-0.2, -0.15) is 0 Å². The van der Waals surface area contributed by atoms with Crippen LogP contribution in [0.1, 0.15) is 40.3 Å². The number of fused-ring (bicyclic) bond motifs is 3. The van der Waals surface area contributed by atoms with Gasteiger partial charge in [0, 0.05) is 17.1 Å². The molecule has 0 amide bonds. The number of hydrogen-bond acceptors (Lipinski definition) is 4. The third-order valence-electron chi connectivity index (χ3n) is 5.77. The van der Waals surface area contributed by atoms with Gasteiger partial charge in [-0.3, -0.25) is 0 Å². The van der Waals surface area contributed by atoms with Gasteiger partial charge in [-0.25, -0.2) is 4.79 Å². The minimum atomic E-state index is -4.72. The van der Waals surface area contributed by atoms with E-state index in [4.69, 9.17) is 9.47 Å². The van der Waals surface area contributed by atoms with Crippen molar-refractivity contribution in [2.45, 2.75) is 45.8 Å². The van der Waals surface area contributed by atoms with Crippen molar-refractivity contribution in [2.24, 2.45) is 5.92 Å². The second-order valence-electron chi connectivity index (χ2n) is 7.69. The van der Waals surface area contributed by atoms with Crippen LogP contribution < -0.4 is 9.47 Å². The van der Waals surface area contributed by atoms with Gasteiger partial charge in [0.15, 0.2) is 0 Å². The number of halogens is 3. The molecule has 158 valence electrons. The summed E-state index contributed by atoms with van der Waals surface area (Å²) < 4.78 is 52.3. The number of ether oxygens (including phenoxy) is 3. The van der Waals surface area contributed by atoms with E-state index in [9.17, 15) is 18.0 Å². The zero-order valence-corrected chi connectivity index (χ0v) is 16.6. The molecule has 7 heteroatoms. The largest absolute Gasteiger partial charge is 0.573 e. The molecule has 2 atom stereocenters. The first-order chi connectivity index (χ1) is 14.1. The van der Waals surface area contributed by atoms with E-state index >= 15 is 0 Å². The van der Waals surface area contributed by atoms with Gasteiger partial charge in [0.1, 0.15) is 24.2 Å². The molecule has 0 unspecified atom stereocenters. The van der Waals surface area contributed by atoms with Gasteiger partial charge < -0.3 is 14.2 Å². The number of carbonyl (C=O) groups excluding carboxylic acids is 1. The molecule has 2 aromatic carbocycles. The number of benzene rings is 2. The summed E-state index contributed by atoms with van der Waals surface area (Å²) in [5.41, 5.74) is 5.36. The highest BCUT2D eigenvalue weighted by Crippen LogP contribution is 2.49. The first-order valence-electron chi connectivity index (χ1n) is 9.64. The average Bonchev–Trinajstić information content (AvgIpc) is 2.97. The number of hydrogen-bond donors (Lipinski definition) is 0. The predicted octanol–water partition coefficient (Wildman–Crippen LogP) is 5.50. The summed E-state index contributed by atoms with van der Waals surface area (Å²) in [6.45, 7) is 8.01. The third-order valence-corrected chi connectivity index (χ3v) is 5.77. The zero-order valence-electron chi connectivity index (χ0n) is 16.6. The minimum Gasteiger partial charge on any atom is -0.489 e. The Morgan fingerprint density at radius 3 is 2.57 bits per heavy atom. The first kappa shape index (κ1) is 20.3. The molecular weight excluding hydrogens is 397 g/mol. The lowest BCUT2D eigenvalue weighted by atomic mass is 9.76. The van der Waals surface area contributed by atoms with E-state index < -0.39 is 6.36 Å². The van der Waals surface area contributed by atoms with Crippen LogP contribution in [-0.4, -0.2) is 12.3 Å². The molecule has 2 aromatic rings. The molecule has 4 rings (SSSR count). The van der Waals surface area contributed by atoms with Gasteiger partial charge in [0.05, 0.1) is 0 Å². The lowest BCUT2D eigenvalue weighted by molar-refractivity contribution is -0.274. The Morgan fingerprint density at radius 2 is 1.90 bits per heavy atom. The molecule has 30 heavy (non-hydrogen) atoms. The van der Waals surface area contributed by atoms with Crippen molar-refractivity contribution in [3.8, 4) is 11.5 Å². The zero-order chi connectivity index (χ0) is 21.6. The van der Waals surface area contributed by atoms with Crippen LogP contribution in [0.3, 0.4) is 0 Å². The van der Waals surface area contributed by atoms with E-state index in [1.54, 1.807) is 0 Å². The normalized spacial score (nSPS) is 20.4. The van der Waals surface area contributed by atoms with Crippen LogP contribution in [0.2, 0.25) is 0 Å². The smallest absolute Gasteiger partial charge is 0.489 e. The van der Waals surface area contributed by atoms with Gasteiger partial charge in [-0.15, -0.1) is 13.2 Å². The maximum Gasteiger partial charge on any atom is 0.573 e. The Morgan fingerprint density at radius 1 is 1.20 bits per heavy atom. The highest BCUT2D eigenvalue weighted by molar-refractivity contribution is 5.91. The van der Waals surface area contributed by atoms with E-state index in [-0.39, 0.29) is 30.3 Å². The molecular formula is C23H21F3O4. The fourth-order valence-corrected chi connectivity index (χ4v) is 4.27. The summed E-state index contributed by atoms with van der Waals surface area (Å²) in [5, 5.41) is 0. The second-order valence-corrected chi connectivity index (χ2v) is 7.69. The van der Waals surface area contributed by atoms with Crippen LogP contribution in [0.25, 0.3) is 0 Å². The van der Waals surface area contributed by atoms with Gasteiger partial charge in [0.2, 0.25) is 0 Å². The Kier molecular flexibility index (Phi) is 5.00.